The minimum Gasteiger partial charge on any atom is -0.0622 e. The molecule has 0 aromatic heterocycles. The van der Waals surface area contributed by atoms with E-state index < -0.39 is 0 Å². The Bertz CT molecular complexity index is 666. The van der Waals surface area contributed by atoms with Gasteiger partial charge in [-0.2, -0.15) is 0 Å². The molecule has 18 heavy (non-hydrogen) atoms. The van der Waals surface area contributed by atoms with Crippen LogP contribution in [0.3, 0.4) is 0 Å². The molecule has 0 heterocycles. The molecular weight excluding hydrogens is 216 g/mol. The molecule has 0 aliphatic carbocycles. The van der Waals surface area contributed by atoms with E-state index in [1.807, 2.05) is 0 Å². The first-order chi connectivity index (χ1) is 8.90. The van der Waals surface area contributed by atoms with Gasteiger partial charge in [-0.25, -0.2) is 0 Å². The van der Waals surface area contributed by atoms with Crippen molar-refractivity contribution in [2.24, 2.45) is 0 Å². The quantitative estimate of drug-likeness (QED) is 0.589. The van der Waals surface area contributed by atoms with Crippen LogP contribution < -0.4 is 0 Å². The molecule has 3 rings (SSSR count). The Labute approximate surface area is 108 Å². The summed E-state index contributed by atoms with van der Waals surface area (Å²) in [7, 11) is 0. The molecule has 87 valence electrons. The third-order valence-electron chi connectivity index (χ3n) is 3.38. The van der Waals surface area contributed by atoms with Crippen molar-refractivity contribution in [3.63, 3.8) is 0 Å². The van der Waals surface area contributed by atoms with E-state index in [2.05, 4.69) is 73.7 Å². The van der Waals surface area contributed by atoms with Crippen molar-refractivity contribution >= 4 is 10.8 Å². The first-order valence-electron chi connectivity index (χ1n) is 6.25. The average molecular weight is 231 g/mol. The van der Waals surface area contributed by atoms with Gasteiger partial charge in [-0.05, 0) is 40.8 Å². The van der Waals surface area contributed by atoms with Gasteiger partial charge in [-0.15, -0.1) is 0 Å². The first kappa shape index (κ1) is 11.0. The van der Waals surface area contributed by atoms with Gasteiger partial charge in [0.15, 0.2) is 0 Å². The van der Waals surface area contributed by atoms with Gasteiger partial charge in [-0.1, -0.05) is 66.7 Å². The lowest BCUT2D eigenvalue weighted by Gasteiger charge is -2.11. The van der Waals surface area contributed by atoms with E-state index >= 15 is 0 Å². The molecule has 0 spiro atoms. The van der Waals surface area contributed by atoms with Crippen molar-refractivity contribution in [2.45, 2.75) is 6.42 Å². The molecule has 0 N–H and O–H groups in total. The van der Waals surface area contributed by atoms with Gasteiger partial charge >= 0.3 is 0 Å². The molecule has 0 bridgehead atoms. The summed E-state index contributed by atoms with van der Waals surface area (Å²) in [5.74, 6) is 0. The Balaban J connectivity index is 2.31. The molecule has 0 aliphatic heterocycles. The summed E-state index contributed by atoms with van der Waals surface area (Å²) in [4.78, 5) is 0. The van der Waals surface area contributed by atoms with E-state index in [9.17, 15) is 0 Å². The smallest absolute Gasteiger partial charge is 0.0146 e. The van der Waals surface area contributed by atoms with Crippen molar-refractivity contribution in [1.29, 1.82) is 0 Å². The molecule has 0 heteroatoms. The maximum Gasteiger partial charge on any atom is -0.0146 e. The number of fused-ring (bicyclic) bond motifs is 1. The van der Waals surface area contributed by atoms with Crippen LogP contribution in [0.1, 0.15) is 5.56 Å². The summed E-state index contributed by atoms with van der Waals surface area (Å²) < 4.78 is 0. The predicted molar refractivity (Wildman–Crippen MR) is 78.4 cm³/mol. The van der Waals surface area contributed by atoms with Crippen LogP contribution >= 0.6 is 0 Å². The molecule has 0 nitrogen and oxygen atoms in total. The number of hydrogen-bond acceptors (Lipinski definition) is 0. The van der Waals surface area contributed by atoms with Crippen molar-refractivity contribution in [1.82, 2.24) is 0 Å². The number of hydrogen-bond donors (Lipinski definition) is 0. The van der Waals surface area contributed by atoms with Crippen LogP contribution in [0.5, 0.6) is 0 Å². The van der Waals surface area contributed by atoms with Gasteiger partial charge < -0.3 is 0 Å². The summed E-state index contributed by atoms with van der Waals surface area (Å²) in [6, 6.07) is 23.4. The maximum absolute atomic E-state index is 4.09. The maximum atomic E-state index is 4.09. The Kier molecular flexibility index (Phi) is 2.85. The number of rotatable bonds is 2. The van der Waals surface area contributed by atoms with Crippen LogP contribution in [-0.2, 0) is 6.42 Å². The zero-order valence-corrected chi connectivity index (χ0v) is 10.3. The minimum absolute atomic E-state index is 0.811. The highest BCUT2D eigenvalue weighted by atomic mass is 14.1. The van der Waals surface area contributed by atoms with Gasteiger partial charge in [-0.3, -0.25) is 0 Å². The molecule has 0 amide bonds. The summed E-state index contributed by atoms with van der Waals surface area (Å²) in [5, 5.41) is 2.60. The molecule has 3 aromatic carbocycles. The van der Waals surface area contributed by atoms with Crippen molar-refractivity contribution in [3.8, 4) is 11.1 Å². The molecule has 0 aliphatic rings. The highest BCUT2D eigenvalue weighted by molar-refractivity contribution is 5.91. The van der Waals surface area contributed by atoms with E-state index in [4.69, 9.17) is 0 Å². The van der Waals surface area contributed by atoms with Gasteiger partial charge in [0.25, 0.3) is 0 Å². The van der Waals surface area contributed by atoms with Gasteiger partial charge in [0.05, 0.1) is 0 Å². The zero-order valence-electron chi connectivity index (χ0n) is 10.3. The molecule has 0 fully saturated rings. The van der Waals surface area contributed by atoms with Crippen molar-refractivity contribution in [2.75, 3.05) is 0 Å². The van der Waals surface area contributed by atoms with Gasteiger partial charge in [0.2, 0.25) is 0 Å². The SMILES string of the molecule is [CH2]Cc1c(-c2ccccc2)ccc2ccccc12. The van der Waals surface area contributed by atoms with Crippen LogP contribution in [0.4, 0.5) is 0 Å². The molecule has 0 saturated heterocycles. The van der Waals surface area contributed by atoms with E-state index in [0.717, 1.165) is 6.42 Å². The molecule has 1 radical (unpaired) electrons. The van der Waals surface area contributed by atoms with Crippen molar-refractivity contribution in [3.05, 3.63) is 79.2 Å². The first-order valence-corrected chi connectivity index (χ1v) is 6.25. The third kappa shape index (κ3) is 1.80. The lowest BCUT2D eigenvalue weighted by atomic mass is 9.93. The molecular formula is C18H15. The topological polar surface area (TPSA) is 0 Å². The number of benzene rings is 3. The molecule has 0 atom stereocenters. The standard InChI is InChI=1S/C18H15/c1-2-16-17-11-7-6-10-15(17)12-13-18(16)14-8-4-3-5-9-14/h3-13H,1-2H2. The van der Waals surface area contributed by atoms with E-state index in [1.54, 1.807) is 0 Å². The summed E-state index contributed by atoms with van der Waals surface area (Å²) in [5.41, 5.74) is 3.89. The Morgan fingerprint density at radius 1 is 0.722 bits per heavy atom. The van der Waals surface area contributed by atoms with E-state index in [-0.39, 0.29) is 0 Å². The summed E-state index contributed by atoms with van der Waals surface area (Å²) in [6.45, 7) is 4.09. The lowest BCUT2D eigenvalue weighted by molar-refractivity contribution is 1.30. The van der Waals surface area contributed by atoms with E-state index in [0.29, 0.717) is 0 Å². The average Bonchev–Trinajstić information content (AvgIpc) is 2.47. The van der Waals surface area contributed by atoms with Crippen LogP contribution in [0.15, 0.2) is 66.7 Å². The fourth-order valence-electron chi connectivity index (χ4n) is 2.49. The normalized spacial score (nSPS) is 10.7. The fourth-order valence-corrected chi connectivity index (χ4v) is 2.49. The van der Waals surface area contributed by atoms with Crippen LogP contribution in [-0.4, -0.2) is 0 Å². The Morgan fingerprint density at radius 3 is 2.22 bits per heavy atom. The van der Waals surface area contributed by atoms with E-state index in [1.165, 1.54) is 27.5 Å². The molecule has 3 aromatic rings. The monoisotopic (exact) mass is 231 g/mol. The summed E-state index contributed by atoms with van der Waals surface area (Å²) >= 11 is 0. The van der Waals surface area contributed by atoms with Crippen molar-refractivity contribution < 1.29 is 0 Å². The molecule has 0 unspecified atom stereocenters. The van der Waals surface area contributed by atoms with Gasteiger partial charge in [0, 0.05) is 0 Å². The minimum atomic E-state index is 0.811. The molecule has 0 saturated carbocycles. The second-order valence-corrected chi connectivity index (χ2v) is 4.43. The zero-order chi connectivity index (χ0) is 12.4. The lowest BCUT2D eigenvalue weighted by Crippen LogP contribution is -1.90. The Hall–Kier alpha value is -2.08. The van der Waals surface area contributed by atoms with Gasteiger partial charge in [0.1, 0.15) is 0 Å². The van der Waals surface area contributed by atoms with Crippen LogP contribution in [0, 0.1) is 6.92 Å². The van der Waals surface area contributed by atoms with Crippen LogP contribution in [0.25, 0.3) is 21.9 Å². The second kappa shape index (κ2) is 4.66. The highest BCUT2D eigenvalue weighted by Crippen LogP contribution is 2.30. The second-order valence-electron chi connectivity index (χ2n) is 4.43. The van der Waals surface area contributed by atoms with Crippen LogP contribution in [0.2, 0.25) is 0 Å². The highest BCUT2D eigenvalue weighted by Gasteiger charge is 2.07. The third-order valence-corrected chi connectivity index (χ3v) is 3.38. The fraction of sp³-hybridized carbons (Fsp3) is 0.0556. The Morgan fingerprint density at radius 2 is 1.44 bits per heavy atom. The summed E-state index contributed by atoms with van der Waals surface area (Å²) in [6.07, 6.45) is 0.811. The predicted octanol–water partition coefficient (Wildman–Crippen LogP) is 4.88. The largest absolute Gasteiger partial charge is 0.0622 e.